The third-order valence-electron chi connectivity index (χ3n) is 5.80. The molecule has 3 aromatic heterocycles. The first-order chi connectivity index (χ1) is 17.5. The van der Waals surface area contributed by atoms with Crippen LogP contribution >= 0.6 is 0 Å². The Kier molecular flexibility index (Phi) is 6.61. The molecule has 9 heteroatoms. The predicted octanol–water partition coefficient (Wildman–Crippen LogP) is 4.83. The lowest BCUT2D eigenvalue weighted by atomic mass is 10.2. The minimum Gasteiger partial charge on any atom is -0.457 e. The lowest BCUT2D eigenvalue weighted by Crippen LogP contribution is -2.26. The number of nitrogens with one attached hydrogen (secondary N) is 2. The Morgan fingerprint density at radius 1 is 1.03 bits per heavy atom. The summed E-state index contributed by atoms with van der Waals surface area (Å²) in [4.78, 5) is 25.5. The second kappa shape index (κ2) is 10.3. The molecule has 0 unspecified atom stereocenters. The summed E-state index contributed by atoms with van der Waals surface area (Å²) in [6.07, 6.45) is 7.75. The summed E-state index contributed by atoms with van der Waals surface area (Å²) in [6.45, 7) is 3.39. The number of pyridine rings is 1. The van der Waals surface area contributed by atoms with E-state index in [9.17, 15) is 4.79 Å². The maximum absolute atomic E-state index is 12.5. The van der Waals surface area contributed by atoms with Gasteiger partial charge >= 0.3 is 0 Å². The molecule has 182 valence electrons. The van der Waals surface area contributed by atoms with Crippen LogP contribution in [-0.4, -0.2) is 36.5 Å². The van der Waals surface area contributed by atoms with Gasteiger partial charge in [0.2, 0.25) is 5.95 Å². The fourth-order valence-corrected chi connectivity index (χ4v) is 3.83. The van der Waals surface area contributed by atoms with Gasteiger partial charge in [0, 0.05) is 56.5 Å². The molecule has 36 heavy (non-hydrogen) atoms. The van der Waals surface area contributed by atoms with Crippen molar-refractivity contribution in [2.24, 2.45) is 7.05 Å². The van der Waals surface area contributed by atoms with Crippen molar-refractivity contribution in [3.8, 4) is 11.5 Å². The van der Waals surface area contributed by atoms with E-state index in [1.54, 1.807) is 30.9 Å². The molecular formula is C27H27N7O2. The molecule has 3 heterocycles. The van der Waals surface area contributed by atoms with E-state index in [1.165, 1.54) is 5.56 Å². The number of imidazole rings is 2. The predicted molar refractivity (Wildman–Crippen MR) is 139 cm³/mol. The van der Waals surface area contributed by atoms with Crippen molar-refractivity contribution in [1.82, 2.24) is 29.4 Å². The first-order valence-corrected chi connectivity index (χ1v) is 11.7. The van der Waals surface area contributed by atoms with Crippen LogP contribution in [0, 0.1) is 6.92 Å². The van der Waals surface area contributed by atoms with Crippen molar-refractivity contribution in [2.75, 3.05) is 11.9 Å². The Hall–Kier alpha value is -4.66. The SMILES string of the molecule is Cc1ccc(Nc2nc3cc(Oc4ccnc(C(=O)NCCCn5ccnc5)c4)ccc3n2C)cc1. The monoisotopic (exact) mass is 481 g/mol. The Bertz CT molecular complexity index is 1470. The maximum Gasteiger partial charge on any atom is 0.270 e. The van der Waals surface area contributed by atoms with Gasteiger partial charge in [-0.1, -0.05) is 17.7 Å². The van der Waals surface area contributed by atoms with Crippen LogP contribution in [0.25, 0.3) is 11.0 Å². The zero-order valence-corrected chi connectivity index (χ0v) is 20.2. The van der Waals surface area contributed by atoms with E-state index in [0.29, 0.717) is 23.7 Å². The molecule has 0 aliphatic carbocycles. The number of nitrogens with zero attached hydrogens (tertiary/aromatic N) is 5. The van der Waals surface area contributed by atoms with E-state index in [-0.39, 0.29) is 5.91 Å². The van der Waals surface area contributed by atoms with Crippen molar-refractivity contribution < 1.29 is 9.53 Å². The highest BCUT2D eigenvalue weighted by molar-refractivity contribution is 5.92. The third-order valence-corrected chi connectivity index (χ3v) is 5.80. The van der Waals surface area contributed by atoms with E-state index in [1.807, 2.05) is 52.7 Å². The number of hydrogen-bond acceptors (Lipinski definition) is 6. The molecule has 2 N–H and O–H groups in total. The van der Waals surface area contributed by atoms with Gasteiger partial charge in [0.25, 0.3) is 5.91 Å². The number of anilines is 2. The lowest BCUT2D eigenvalue weighted by Gasteiger charge is -2.08. The normalized spacial score (nSPS) is 10.9. The molecule has 0 aliphatic heterocycles. The molecule has 0 spiro atoms. The zero-order chi connectivity index (χ0) is 24.9. The number of amides is 1. The van der Waals surface area contributed by atoms with Gasteiger partial charge in [-0.05, 0) is 43.7 Å². The summed E-state index contributed by atoms with van der Waals surface area (Å²) in [5.41, 5.74) is 4.25. The van der Waals surface area contributed by atoms with Crippen LogP contribution in [0.1, 0.15) is 22.5 Å². The van der Waals surface area contributed by atoms with Crippen molar-refractivity contribution in [1.29, 1.82) is 0 Å². The number of aryl methyl sites for hydroxylation is 3. The van der Waals surface area contributed by atoms with Gasteiger partial charge in [-0.3, -0.25) is 9.78 Å². The highest BCUT2D eigenvalue weighted by Gasteiger charge is 2.12. The highest BCUT2D eigenvalue weighted by atomic mass is 16.5. The maximum atomic E-state index is 12.5. The largest absolute Gasteiger partial charge is 0.457 e. The number of carbonyl (C=O) groups excluding carboxylic acids is 1. The van der Waals surface area contributed by atoms with Gasteiger partial charge in [0.1, 0.15) is 17.2 Å². The Morgan fingerprint density at radius 2 is 1.86 bits per heavy atom. The first-order valence-electron chi connectivity index (χ1n) is 11.7. The number of hydrogen-bond donors (Lipinski definition) is 2. The Morgan fingerprint density at radius 3 is 2.67 bits per heavy atom. The fraction of sp³-hybridized carbons (Fsp3) is 0.185. The molecule has 0 atom stereocenters. The molecule has 9 nitrogen and oxygen atoms in total. The number of fused-ring (bicyclic) bond motifs is 1. The number of benzene rings is 2. The smallest absolute Gasteiger partial charge is 0.270 e. The summed E-state index contributed by atoms with van der Waals surface area (Å²) in [6, 6.07) is 17.3. The Balaban J connectivity index is 1.24. The molecule has 0 bridgehead atoms. The van der Waals surface area contributed by atoms with Crippen molar-refractivity contribution in [2.45, 2.75) is 19.9 Å². The standard InChI is InChI=1S/C27H27N7O2/c1-19-4-6-20(7-5-19)31-27-32-23-16-21(8-9-25(23)33(27)2)36-22-10-12-29-24(17-22)26(35)30-11-3-14-34-15-13-28-18-34/h4-10,12-13,15-18H,3,11,14H2,1-2H3,(H,30,35)(H,31,32). The Labute approximate surface area is 208 Å². The average Bonchev–Trinajstić information content (AvgIpc) is 3.51. The van der Waals surface area contributed by atoms with Crippen LogP contribution in [0.3, 0.4) is 0 Å². The molecule has 0 radical (unpaired) electrons. The van der Waals surface area contributed by atoms with Crippen molar-refractivity contribution in [3.05, 3.63) is 90.8 Å². The van der Waals surface area contributed by atoms with E-state index in [2.05, 4.69) is 39.7 Å². The van der Waals surface area contributed by atoms with Crippen LogP contribution < -0.4 is 15.4 Å². The number of ether oxygens (including phenoxy) is 1. The lowest BCUT2D eigenvalue weighted by molar-refractivity contribution is 0.0947. The molecule has 1 amide bonds. The number of aromatic nitrogens is 5. The molecule has 0 fully saturated rings. The highest BCUT2D eigenvalue weighted by Crippen LogP contribution is 2.28. The number of carbonyl (C=O) groups is 1. The van der Waals surface area contributed by atoms with Gasteiger partial charge < -0.3 is 24.5 Å². The summed E-state index contributed by atoms with van der Waals surface area (Å²) < 4.78 is 10.0. The molecule has 0 aliphatic rings. The van der Waals surface area contributed by atoms with Gasteiger partial charge in [-0.25, -0.2) is 9.97 Å². The van der Waals surface area contributed by atoms with Crippen LogP contribution in [0.5, 0.6) is 11.5 Å². The molecule has 5 aromatic rings. The van der Waals surface area contributed by atoms with Crippen LogP contribution in [0.2, 0.25) is 0 Å². The third kappa shape index (κ3) is 5.35. The summed E-state index contributed by atoms with van der Waals surface area (Å²) in [5.74, 6) is 1.65. The minimum absolute atomic E-state index is 0.238. The van der Waals surface area contributed by atoms with Gasteiger partial charge in [-0.2, -0.15) is 0 Å². The summed E-state index contributed by atoms with van der Waals surface area (Å²) >= 11 is 0. The van der Waals surface area contributed by atoms with E-state index in [0.717, 1.165) is 35.6 Å². The average molecular weight is 482 g/mol. The van der Waals surface area contributed by atoms with E-state index in [4.69, 9.17) is 9.72 Å². The second-order valence-corrected chi connectivity index (χ2v) is 8.52. The number of rotatable bonds is 9. The first kappa shape index (κ1) is 23.1. The molecular weight excluding hydrogens is 454 g/mol. The quantitative estimate of drug-likeness (QED) is 0.293. The molecule has 5 rings (SSSR count). The van der Waals surface area contributed by atoms with Gasteiger partial charge in [0.15, 0.2) is 0 Å². The topological polar surface area (TPSA) is 98.9 Å². The zero-order valence-electron chi connectivity index (χ0n) is 20.2. The van der Waals surface area contributed by atoms with Gasteiger partial charge in [0.05, 0.1) is 17.4 Å². The second-order valence-electron chi connectivity index (χ2n) is 8.52. The fourth-order valence-electron chi connectivity index (χ4n) is 3.83. The van der Waals surface area contributed by atoms with Crippen molar-refractivity contribution >= 4 is 28.6 Å². The molecule has 0 saturated carbocycles. The van der Waals surface area contributed by atoms with E-state index >= 15 is 0 Å². The summed E-state index contributed by atoms with van der Waals surface area (Å²) in [5, 5.41) is 6.26. The van der Waals surface area contributed by atoms with Crippen LogP contribution in [0.4, 0.5) is 11.6 Å². The summed E-state index contributed by atoms with van der Waals surface area (Å²) in [7, 11) is 1.97. The van der Waals surface area contributed by atoms with Gasteiger partial charge in [-0.15, -0.1) is 0 Å². The van der Waals surface area contributed by atoms with Crippen LogP contribution in [-0.2, 0) is 13.6 Å². The minimum atomic E-state index is -0.238. The van der Waals surface area contributed by atoms with Crippen molar-refractivity contribution in [3.63, 3.8) is 0 Å². The van der Waals surface area contributed by atoms with E-state index < -0.39 is 0 Å². The molecule has 2 aromatic carbocycles. The van der Waals surface area contributed by atoms with Crippen LogP contribution in [0.15, 0.2) is 79.5 Å². The molecule has 0 saturated heterocycles.